The normalized spacial score (nSPS) is 9.74. The summed E-state index contributed by atoms with van der Waals surface area (Å²) in [6.07, 6.45) is 5.68. The lowest BCUT2D eigenvalue weighted by molar-refractivity contribution is 1.48. The van der Waals surface area contributed by atoms with Crippen LogP contribution < -0.4 is 0 Å². The molecule has 0 saturated heterocycles. The number of aromatic amines is 1. The molecule has 0 aliphatic heterocycles. The molecule has 1 aromatic carbocycles. The molecule has 1 nitrogen and oxygen atoms in total. The number of aryl methyl sites for hydroxylation is 1. The second-order valence-electron chi connectivity index (χ2n) is 4.15. The molecule has 0 bridgehead atoms. The van der Waals surface area contributed by atoms with Gasteiger partial charge in [-0.25, -0.2) is 0 Å². The molecule has 0 amide bonds. The second kappa shape index (κ2) is 6.21. The first kappa shape index (κ1) is 13.4. The highest BCUT2D eigenvalue weighted by Crippen LogP contribution is 2.23. The Bertz CT molecular complexity index is 632. The van der Waals surface area contributed by atoms with E-state index in [9.17, 15) is 0 Å². The molecule has 0 saturated carbocycles. The molecule has 0 atom stereocenters. The summed E-state index contributed by atoms with van der Waals surface area (Å²) in [7, 11) is 0. The van der Waals surface area contributed by atoms with E-state index in [0.717, 1.165) is 0 Å². The molecule has 0 fully saturated rings. The summed E-state index contributed by atoms with van der Waals surface area (Å²) in [5.74, 6) is 0. The number of hydrogen-bond acceptors (Lipinski definition) is 1. The molecule has 2 heterocycles. The quantitative estimate of drug-likeness (QED) is 0.630. The summed E-state index contributed by atoms with van der Waals surface area (Å²) in [6, 6.07) is 12.4. The molecule has 96 valence electrons. The van der Waals surface area contributed by atoms with Crippen molar-refractivity contribution in [1.82, 2.24) is 4.98 Å². The van der Waals surface area contributed by atoms with Gasteiger partial charge in [-0.15, -0.1) is 11.3 Å². The largest absolute Gasteiger partial charge is 0.361 e. The highest BCUT2D eigenvalue weighted by atomic mass is 32.1. The molecule has 0 radical (unpaired) electrons. The van der Waals surface area contributed by atoms with Crippen molar-refractivity contribution in [2.75, 3.05) is 0 Å². The zero-order valence-corrected chi connectivity index (χ0v) is 11.8. The van der Waals surface area contributed by atoms with Crippen LogP contribution in [0.3, 0.4) is 0 Å². The number of aromatic nitrogens is 1. The maximum Gasteiger partial charge on any atom is 0.0453 e. The molecular weight excluding hydrogens is 250 g/mol. The van der Waals surface area contributed by atoms with Gasteiger partial charge >= 0.3 is 0 Å². The smallest absolute Gasteiger partial charge is 0.0453 e. The van der Waals surface area contributed by atoms with Gasteiger partial charge in [0.25, 0.3) is 0 Å². The first-order valence-corrected chi connectivity index (χ1v) is 6.93. The number of nitrogens with one attached hydrogen (secondary N) is 1. The van der Waals surface area contributed by atoms with Gasteiger partial charge < -0.3 is 4.98 Å². The van der Waals surface area contributed by atoms with Gasteiger partial charge in [-0.2, -0.15) is 0 Å². The van der Waals surface area contributed by atoms with E-state index in [-0.39, 0.29) is 0 Å². The van der Waals surface area contributed by atoms with Gasteiger partial charge in [-0.3, -0.25) is 0 Å². The third-order valence-electron chi connectivity index (χ3n) is 2.78. The minimum atomic E-state index is 1.19. The Balaban J connectivity index is 0.000000141. The van der Waals surface area contributed by atoms with Crippen LogP contribution in [0.2, 0.25) is 0 Å². The van der Waals surface area contributed by atoms with E-state index in [0.29, 0.717) is 0 Å². The number of fused-ring (bicyclic) bond motifs is 1. The first-order chi connectivity index (χ1) is 9.24. The van der Waals surface area contributed by atoms with Gasteiger partial charge in [0.1, 0.15) is 0 Å². The van der Waals surface area contributed by atoms with Crippen LogP contribution in [0.25, 0.3) is 23.1 Å². The number of rotatable bonds is 2. The molecule has 0 unspecified atom stereocenters. The summed E-state index contributed by atoms with van der Waals surface area (Å²) in [4.78, 5) is 5.64. The minimum Gasteiger partial charge on any atom is -0.361 e. The fraction of sp³-hybridized carbons (Fsp3) is 0.0588. The Labute approximate surface area is 117 Å². The number of hydrogen-bond donors (Lipinski definition) is 1. The molecule has 3 aromatic rings. The van der Waals surface area contributed by atoms with Gasteiger partial charge in [-0.05, 0) is 36.1 Å². The lowest BCUT2D eigenvalue weighted by Gasteiger charge is -1.85. The van der Waals surface area contributed by atoms with Gasteiger partial charge in [0, 0.05) is 21.5 Å². The van der Waals surface area contributed by atoms with E-state index in [1.807, 2.05) is 30.5 Å². The van der Waals surface area contributed by atoms with Crippen molar-refractivity contribution in [3.63, 3.8) is 0 Å². The molecular formula is C17H17NS. The molecule has 0 aliphatic rings. The molecule has 2 heteroatoms. The first-order valence-electron chi connectivity index (χ1n) is 6.12. The fourth-order valence-electron chi connectivity index (χ4n) is 1.87. The van der Waals surface area contributed by atoms with E-state index >= 15 is 0 Å². The van der Waals surface area contributed by atoms with Crippen LogP contribution >= 0.6 is 11.3 Å². The SMILES string of the molecule is C=Cc1cc(C)sc1C=C.c1ccc2[nH]ccc2c1. The number of para-hydroxylation sites is 1. The maximum atomic E-state index is 3.72. The number of thiophene rings is 1. The van der Waals surface area contributed by atoms with Crippen LogP contribution in [-0.4, -0.2) is 4.98 Å². The van der Waals surface area contributed by atoms with E-state index in [2.05, 4.69) is 49.3 Å². The van der Waals surface area contributed by atoms with Crippen LogP contribution in [0.5, 0.6) is 0 Å². The summed E-state index contributed by atoms with van der Waals surface area (Å²) >= 11 is 1.75. The van der Waals surface area contributed by atoms with E-state index in [4.69, 9.17) is 0 Å². The Morgan fingerprint density at radius 2 is 1.89 bits per heavy atom. The third kappa shape index (κ3) is 3.24. The molecule has 3 rings (SSSR count). The third-order valence-corrected chi connectivity index (χ3v) is 3.84. The van der Waals surface area contributed by atoms with E-state index in [1.54, 1.807) is 11.3 Å². The summed E-state index contributed by atoms with van der Waals surface area (Å²) in [6.45, 7) is 9.52. The zero-order chi connectivity index (χ0) is 13.7. The van der Waals surface area contributed by atoms with Crippen molar-refractivity contribution >= 4 is 34.4 Å². The Morgan fingerprint density at radius 1 is 1.11 bits per heavy atom. The predicted octanol–water partition coefficient (Wildman–Crippen LogP) is 5.51. The van der Waals surface area contributed by atoms with Gasteiger partial charge in [0.05, 0.1) is 0 Å². The Hall–Kier alpha value is -2.06. The van der Waals surface area contributed by atoms with Crippen LogP contribution in [0.4, 0.5) is 0 Å². The molecule has 2 aromatic heterocycles. The Morgan fingerprint density at radius 3 is 2.53 bits per heavy atom. The monoisotopic (exact) mass is 267 g/mol. The van der Waals surface area contributed by atoms with Crippen molar-refractivity contribution in [1.29, 1.82) is 0 Å². The highest BCUT2D eigenvalue weighted by Gasteiger charge is 1.98. The van der Waals surface area contributed by atoms with E-state index < -0.39 is 0 Å². The van der Waals surface area contributed by atoms with Crippen molar-refractivity contribution in [3.8, 4) is 0 Å². The van der Waals surface area contributed by atoms with Crippen LogP contribution in [0, 0.1) is 6.92 Å². The fourth-order valence-corrected chi connectivity index (χ4v) is 2.74. The van der Waals surface area contributed by atoms with Crippen LogP contribution in [0.15, 0.2) is 55.8 Å². The van der Waals surface area contributed by atoms with Gasteiger partial charge in [0.2, 0.25) is 0 Å². The van der Waals surface area contributed by atoms with Crippen molar-refractivity contribution in [2.45, 2.75) is 6.92 Å². The van der Waals surface area contributed by atoms with Crippen molar-refractivity contribution in [2.24, 2.45) is 0 Å². The predicted molar refractivity (Wildman–Crippen MR) is 87.5 cm³/mol. The van der Waals surface area contributed by atoms with Crippen molar-refractivity contribution in [3.05, 3.63) is 71.1 Å². The topological polar surface area (TPSA) is 15.8 Å². The second-order valence-corrected chi connectivity index (χ2v) is 5.44. The maximum absolute atomic E-state index is 3.72. The molecule has 0 aliphatic carbocycles. The van der Waals surface area contributed by atoms with E-state index in [1.165, 1.54) is 26.2 Å². The summed E-state index contributed by atoms with van der Waals surface area (Å²) < 4.78 is 0. The number of H-pyrrole nitrogens is 1. The van der Waals surface area contributed by atoms with Gasteiger partial charge in [-0.1, -0.05) is 43.5 Å². The summed E-state index contributed by atoms with van der Waals surface area (Å²) in [5, 5.41) is 1.28. The minimum absolute atomic E-state index is 1.19. The number of benzene rings is 1. The van der Waals surface area contributed by atoms with Gasteiger partial charge in [0.15, 0.2) is 0 Å². The van der Waals surface area contributed by atoms with Crippen molar-refractivity contribution < 1.29 is 0 Å². The molecule has 1 N–H and O–H groups in total. The standard InChI is InChI=1S/C9H10S.C8H7N/c1-4-8-6-7(3)10-9(8)5-2;1-2-4-8-7(3-1)5-6-9-8/h4-6H,1-2H2,3H3;1-6,9H. The van der Waals surface area contributed by atoms with Crippen LogP contribution in [0.1, 0.15) is 15.3 Å². The lowest BCUT2D eigenvalue weighted by Crippen LogP contribution is -1.64. The Kier molecular flexibility index (Phi) is 4.37. The highest BCUT2D eigenvalue weighted by molar-refractivity contribution is 7.13. The molecule has 19 heavy (non-hydrogen) atoms. The lowest BCUT2D eigenvalue weighted by atomic mass is 10.2. The van der Waals surface area contributed by atoms with Crippen LogP contribution in [-0.2, 0) is 0 Å². The summed E-state index contributed by atoms with van der Waals surface area (Å²) in [5.41, 5.74) is 2.40. The average molecular weight is 267 g/mol. The average Bonchev–Trinajstić information content (AvgIpc) is 3.04. The zero-order valence-electron chi connectivity index (χ0n) is 11.0. The molecule has 0 spiro atoms.